The van der Waals surface area contributed by atoms with Gasteiger partial charge in [-0.2, -0.15) is 0 Å². The van der Waals surface area contributed by atoms with E-state index in [-0.39, 0.29) is 13.0 Å². The van der Waals surface area contributed by atoms with Gasteiger partial charge in [0.1, 0.15) is 0 Å². The van der Waals surface area contributed by atoms with Crippen molar-refractivity contribution in [1.29, 1.82) is 0 Å². The van der Waals surface area contributed by atoms with Crippen molar-refractivity contribution < 1.29 is 23.9 Å². The van der Waals surface area contributed by atoms with Crippen LogP contribution in [0.15, 0.2) is 48.5 Å². The zero-order chi connectivity index (χ0) is 18.2. The molecule has 0 radical (unpaired) electrons. The summed E-state index contributed by atoms with van der Waals surface area (Å²) in [5, 5.41) is 2.58. The standard InChI is InChI=1S/C19H19NO5/c1-13-3-5-14(6-4-13)11-18(22)25-12-17(21)20-16-9-7-15(8-10-16)19(23)24-2/h3-10H,11-12H2,1-2H3,(H,20,21). The number of amides is 1. The highest BCUT2D eigenvalue weighted by Gasteiger charge is 2.10. The fourth-order valence-electron chi connectivity index (χ4n) is 2.07. The molecule has 2 rings (SSSR count). The highest BCUT2D eigenvalue weighted by atomic mass is 16.5. The smallest absolute Gasteiger partial charge is 0.337 e. The van der Waals surface area contributed by atoms with E-state index in [0.717, 1.165) is 11.1 Å². The second kappa shape index (κ2) is 8.63. The molecule has 0 saturated heterocycles. The summed E-state index contributed by atoms with van der Waals surface area (Å²) in [5.74, 6) is -1.38. The van der Waals surface area contributed by atoms with Gasteiger partial charge in [-0.05, 0) is 36.8 Å². The van der Waals surface area contributed by atoms with Crippen molar-refractivity contribution in [3.05, 3.63) is 65.2 Å². The van der Waals surface area contributed by atoms with Gasteiger partial charge in [0.25, 0.3) is 5.91 Å². The largest absolute Gasteiger partial charge is 0.465 e. The van der Waals surface area contributed by atoms with Crippen molar-refractivity contribution in [3.8, 4) is 0 Å². The molecule has 1 N–H and O–H groups in total. The fraction of sp³-hybridized carbons (Fsp3) is 0.211. The Bertz CT molecular complexity index is 750. The number of hydrogen-bond acceptors (Lipinski definition) is 5. The first-order valence-corrected chi connectivity index (χ1v) is 7.67. The average Bonchev–Trinajstić information content (AvgIpc) is 2.62. The molecule has 2 aromatic carbocycles. The predicted molar refractivity (Wildman–Crippen MR) is 92.3 cm³/mol. The molecule has 0 saturated carbocycles. The first-order chi connectivity index (χ1) is 12.0. The van der Waals surface area contributed by atoms with E-state index in [1.165, 1.54) is 19.2 Å². The van der Waals surface area contributed by atoms with Crippen LogP contribution in [0, 0.1) is 6.92 Å². The van der Waals surface area contributed by atoms with Gasteiger partial charge in [-0.1, -0.05) is 29.8 Å². The highest BCUT2D eigenvalue weighted by molar-refractivity contribution is 5.94. The minimum absolute atomic E-state index is 0.112. The maximum Gasteiger partial charge on any atom is 0.337 e. The van der Waals surface area contributed by atoms with Crippen LogP contribution in [0.5, 0.6) is 0 Å². The maximum atomic E-state index is 11.8. The van der Waals surface area contributed by atoms with Gasteiger partial charge in [-0.3, -0.25) is 9.59 Å². The molecule has 0 aliphatic carbocycles. The quantitative estimate of drug-likeness (QED) is 0.817. The molecule has 2 aromatic rings. The van der Waals surface area contributed by atoms with Crippen molar-refractivity contribution in [1.82, 2.24) is 0 Å². The Kier molecular flexibility index (Phi) is 6.28. The van der Waals surface area contributed by atoms with E-state index >= 15 is 0 Å². The molecule has 0 bridgehead atoms. The van der Waals surface area contributed by atoms with Gasteiger partial charge in [0.05, 0.1) is 19.1 Å². The van der Waals surface area contributed by atoms with Crippen LogP contribution in [0.25, 0.3) is 0 Å². The van der Waals surface area contributed by atoms with Crippen LogP contribution >= 0.6 is 0 Å². The van der Waals surface area contributed by atoms with Crippen LogP contribution in [0.2, 0.25) is 0 Å². The van der Waals surface area contributed by atoms with E-state index in [2.05, 4.69) is 10.1 Å². The molecule has 0 heterocycles. The lowest BCUT2D eigenvalue weighted by molar-refractivity contribution is -0.146. The third kappa shape index (κ3) is 5.76. The molecule has 0 atom stereocenters. The molecule has 0 spiro atoms. The minimum Gasteiger partial charge on any atom is -0.465 e. The zero-order valence-electron chi connectivity index (χ0n) is 14.1. The number of benzene rings is 2. The predicted octanol–water partition coefficient (Wildman–Crippen LogP) is 2.51. The number of carbonyl (C=O) groups excluding carboxylic acids is 3. The highest BCUT2D eigenvalue weighted by Crippen LogP contribution is 2.10. The Morgan fingerprint density at radius 3 is 2.20 bits per heavy atom. The summed E-state index contributed by atoms with van der Waals surface area (Å²) < 4.78 is 9.56. The molecule has 0 aromatic heterocycles. The zero-order valence-corrected chi connectivity index (χ0v) is 14.1. The second-order valence-corrected chi connectivity index (χ2v) is 5.44. The van der Waals surface area contributed by atoms with Gasteiger partial charge in [0.2, 0.25) is 0 Å². The van der Waals surface area contributed by atoms with Gasteiger partial charge in [0, 0.05) is 5.69 Å². The Hall–Kier alpha value is -3.15. The van der Waals surface area contributed by atoms with Gasteiger partial charge in [-0.15, -0.1) is 0 Å². The summed E-state index contributed by atoms with van der Waals surface area (Å²) in [6.07, 6.45) is 0.112. The molecular weight excluding hydrogens is 322 g/mol. The third-order valence-corrected chi connectivity index (χ3v) is 3.42. The van der Waals surface area contributed by atoms with E-state index in [1.807, 2.05) is 31.2 Å². The Morgan fingerprint density at radius 1 is 0.960 bits per heavy atom. The molecule has 0 unspecified atom stereocenters. The van der Waals surface area contributed by atoms with Crippen molar-refractivity contribution >= 4 is 23.5 Å². The van der Waals surface area contributed by atoms with Crippen molar-refractivity contribution in [3.63, 3.8) is 0 Å². The fourth-order valence-corrected chi connectivity index (χ4v) is 2.07. The van der Waals surface area contributed by atoms with E-state index in [0.29, 0.717) is 11.3 Å². The number of carbonyl (C=O) groups is 3. The van der Waals surface area contributed by atoms with Gasteiger partial charge in [0.15, 0.2) is 6.61 Å². The molecule has 0 aliphatic heterocycles. The van der Waals surface area contributed by atoms with Crippen molar-refractivity contribution in [2.45, 2.75) is 13.3 Å². The van der Waals surface area contributed by atoms with Crippen LogP contribution in [-0.2, 0) is 25.5 Å². The first-order valence-electron chi connectivity index (χ1n) is 7.67. The molecular formula is C19H19NO5. The summed E-state index contributed by atoms with van der Waals surface area (Å²) in [7, 11) is 1.29. The molecule has 0 aliphatic rings. The van der Waals surface area contributed by atoms with Crippen LogP contribution in [0.1, 0.15) is 21.5 Å². The van der Waals surface area contributed by atoms with Crippen LogP contribution in [0.3, 0.4) is 0 Å². The van der Waals surface area contributed by atoms with Gasteiger partial charge in [-0.25, -0.2) is 4.79 Å². The molecule has 25 heavy (non-hydrogen) atoms. The van der Waals surface area contributed by atoms with E-state index in [9.17, 15) is 14.4 Å². The second-order valence-electron chi connectivity index (χ2n) is 5.44. The Labute approximate surface area is 145 Å². The number of nitrogens with one attached hydrogen (secondary N) is 1. The lowest BCUT2D eigenvalue weighted by Gasteiger charge is -2.07. The monoisotopic (exact) mass is 341 g/mol. The topological polar surface area (TPSA) is 81.7 Å². The van der Waals surface area contributed by atoms with Crippen LogP contribution in [0.4, 0.5) is 5.69 Å². The number of hydrogen-bond donors (Lipinski definition) is 1. The minimum atomic E-state index is -0.472. The van der Waals surface area contributed by atoms with Gasteiger partial charge >= 0.3 is 11.9 Å². The Balaban J connectivity index is 1.79. The Morgan fingerprint density at radius 2 is 1.60 bits per heavy atom. The lowest BCUT2D eigenvalue weighted by atomic mass is 10.1. The number of methoxy groups -OCH3 is 1. The van der Waals surface area contributed by atoms with Crippen LogP contribution in [-0.4, -0.2) is 31.6 Å². The SMILES string of the molecule is COC(=O)c1ccc(NC(=O)COC(=O)Cc2ccc(C)cc2)cc1. The summed E-state index contributed by atoms with van der Waals surface area (Å²) in [6.45, 7) is 1.59. The number of aryl methyl sites for hydroxylation is 1. The summed E-state index contributed by atoms with van der Waals surface area (Å²) in [6, 6.07) is 13.7. The number of rotatable bonds is 6. The maximum absolute atomic E-state index is 11.8. The molecule has 6 heteroatoms. The van der Waals surface area contributed by atoms with Crippen LogP contribution < -0.4 is 5.32 Å². The normalized spacial score (nSPS) is 10.0. The molecule has 0 fully saturated rings. The number of anilines is 1. The van der Waals surface area contributed by atoms with Crippen molar-refractivity contribution in [2.24, 2.45) is 0 Å². The summed E-state index contributed by atoms with van der Waals surface area (Å²) >= 11 is 0. The molecule has 1 amide bonds. The average molecular weight is 341 g/mol. The number of ether oxygens (including phenoxy) is 2. The summed E-state index contributed by atoms with van der Waals surface area (Å²) in [4.78, 5) is 34.9. The lowest BCUT2D eigenvalue weighted by Crippen LogP contribution is -2.21. The van der Waals surface area contributed by atoms with E-state index in [4.69, 9.17) is 4.74 Å². The number of esters is 2. The van der Waals surface area contributed by atoms with E-state index in [1.54, 1.807) is 12.1 Å². The third-order valence-electron chi connectivity index (χ3n) is 3.42. The molecule has 130 valence electrons. The first kappa shape index (κ1) is 18.2. The molecule has 6 nitrogen and oxygen atoms in total. The van der Waals surface area contributed by atoms with E-state index < -0.39 is 17.8 Å². The summed E-state index contributed by atoms with van der Waals surface area (Å²) in [5.41, 5.74) is 2.81. The van der Waals surface area contributed by atoms with Crippen molar-refractivity contribution in [2.75, 3.05) is 19.0 Å². The van der Waals surface area contributed by atoms with Gasteiger partial charge < -0.3 is 14.8 Å².